The van der Waals surface area contributed by atoms with Crippen molar-refractivity contribution in [2.45, 2.75) is 4.90 Å². The molecule has 0 heterocycles. The number of benzene rings is 2. The summed E-state index contributed by atoms with van der Waals surface area (Å²) >= 11 is 4.40. The minimum atomic E-state index is -0.289. The number of carbonyl (C=O) groups excluding carboxylic acids is 2. The van der Waals surface area contributed by atoms with Crippen LogP contribution in [-0.4, -0.2) is 36.7 Å². The second-order valence-corrected chi connectivity index (χ2v) is 6.96. The first kappa shape index (κ1) is 18.4. The van der Waals surface area contributed by atoms with Gasteiger partial charge < -0.3 is 15.0 Å². The molecule has 24 heavy (non-hydrogen) atoms. The van der Waals surface area contributed by atoms with Crippen molar-refractivity contribution in [3.63, 3.8) is 0 Å². The highest BCUT2D eigenvalue weighted by Crippen LogP contribution is 2.28. The van der Waals surface area contributed by atoms with Crippen LogP contribution in [0.25, 0.3) is 0 Å². The lowest BCUT2D eigenvalue weighted by molar-refractivity contribution is -0.118. The minimum Gasteiger partial charge on any atom is -0.484 e. The predicted molar refractivity (Wildman–Crippen MR) is 99.6 cm³/mol. The van der Waals surface area contributed by atoms with E-state index in [4.69, 9.17) is 4.74 Å². The largest absolute Gasteiger partial charge is 0.484 e. The van der Waals surface area contributed by atoms with Crippen LogP contribution in [-0.2, 0) is 4.79 Å². The molecule has 0 bridgehead atoms. The number of carbonyl (C=O) groups is 2. The standard InChI is InChI=1S/C17H17BrN2O3S/c1-20(2)17(22)24-15-6-4-3-5-14(15)19-16(21)11-23-13-9-7-12(18)8-10-13/h3-10H,11H2,1-2H3,(H,19,21). The Bertz CT molecular complexity index is 720. The fourth-order valence-electron chi connectivity index (χ4n) is 1.71. The highest BCUT2D eigenvalue weighted by atomic mass is 79.9. The lowest BCUT2D eigenvalue weighted by Gasteiger charge is -2.13. The van der Waals surface area contributed by atoms with Crippen molar-refractivity contribution in [1.29, 1.82) is 0 Å². The van der Waals surface area contributed by atoms with Crippen LogP contribution >= 0.6 is 27.7 Å². The van der Waals surface area contributed by atoms with E-state index in [1.54, 1.807) is 44.4 Å². The van der Waals surface area contributed by atoms with Crippen molar-refractivity contribution < 1.29 is 14.3 Å². The van der Waals surface area contributed by atoms with E-state index in [1.165, 1.54) is 4.90 Å². The van der Waals surface area contributed by atoms with Crippen LogP contribution in [0.15, 0.2) is 57.9 Å². The van der Waals surface area contributed by atoms with Gasteiger partial charge in [0.25, 0.3) is 11.1 Å². The second-order valence-electron chi connectivity index (χ2n) is 5.05. The number of anilines is 1. The molecule has 2 amide bonds. The van der Waals surface area contributed by atoms with Gasteiger partial charge in [0.15, 0.2) is 6.61 Å². The molecule has 0 saturated heterocycles. The Morgan fingerprint density at radius 1 is 1.12 bits per heavy atom. The van der Waals surface area contributed by atoms with E-state index in [2.05, 4.69) is 21.2 Å². The summed E-state index contributed by atoms with van der Waals surface area (Å²) in [5.41, 5.74) is 0.585. The predicted octanol–water partition coefficient (Wildman–Crippen LogP) is 4.24. The molecule has 0 radical (unpaired) electrons. The van der Waals surface area contributed by atoms with Crippen LogP contribution in [0.4, 0.5) is 10.5 Å². The highest BCUT2D eigenvalue weighted by Gasteiger charge is 2.12. The van der Waals surface area contributed by atoms with Crippen LogP contribution in [0, 0.1) is 0 Å². The summed E-state index contributed by atoms with van der Waals surface area (Å²) in [4.78, 5) is 26.1. The zero-order chi connectivity index (χ0) is 17.5. The molecule has 0 unspecified atom stereocenters. The number of nitrogens with zero attached hydrogens (tertiary/aromatic N) is 1. The van der Waals surface area contributed by atoms with Crippen molar-refractivity contribution in [3.8, 4) is 5.75 Å². The molecule has 7 heteroatoms. The maximum Gasteiger partial charge on any atom is 0.286 e. The van der Waals surface area contributed by atoms with Crippen LogP contribution in [0.3, 0.4) is 0 Å². The van der Waals surface area contributed by atoms with E-state index in [9.17, 15) is 9.59 Å². The highest BCUT2D eigenvalue weighted by molar-refractivity contribution is 9.10. The third-order valence-electron chi connectivity index (χ3n) is 2.91. The third-order valence-corrected chi connectivity index (χ3v) is 4.55. The number of halogens is 1. The number of thioether (sulfide) groups is 1. The maximum atomic E-state index is 12.1. The normalized spacial score (nSPS) is 10.1. The van der Waals surface area contributed by atoms with Gasteiger partial charge in [-0.15, -0.1) is 0 Å². The molecular formula is C17H17BrN2O3S. The Morgan fingerprint density at radius 2 is 1.79 bits per heavy atom. The molecule has 2 aromatic carbocycles. The molecule has 2 rings (SSSR count). The molecular weight excluding hydrogens is 392 g/mol. The summed E-state index contributed by atoms with van der Waals surface area (Å²) in [5.74, 6) is 0.321. The van der Waals surface area contributed by atoms with Gasteiger partial charge in [-0.05, 0) is 48.2 Å². The number of hydrogen-bond donors (Lipinski definition) is 1. The first-order valence-corrected chi connectivity index (χ1v) is 8.73. The van der Waals surface area contributed by atoms with E-state index in [0.717, 1.165) is 16.2 Å². The lowest BCUT2D eigenvalue weighted by atomic mass is 10.3. The number of ether oxygens (including phenoxy) is 1. The number of amides is 2. The van der Waals surface area contributed by atoms with Gasteiger partial charge in [-0.3, -0.25) is 9.59 Å². The molecule has 0 aliphatic rings. The van der Waals surface area contributed by atoms with Gasteiger partial charge in [0, 0.05) is 23.5 Å². The Kier molecular flexibility index (Phi) is 6.69. The first-order chi connectivity index (χ1) is 11.5. The Labute approximate surface area is 153 Å². The van der Waals surface area contributed by atoms with Gasteiger partial charge in [-0.2, -0.15) is 0 Å². The second kappa shape index (κ2) is 8.75. The monoisotopic (exact) mass is 408 g/mol. The third kappa shape index (κ3) is 5.58. The van der Waals surface area contributed by atoms with Crippen LogP contribution < -0.4 is 10.1 Å². The van der Waals surface area contributed by atoms with Crippen molar-refractivity contribution in [2.24, 2.45) is 0 Å². The molecule has 0 aliphatic heterocycles. The summed E-state index contributed by atoms with van der Waals surface area (Å²) in [5, 5.41) is 2.66. The number of rotatable bonds is 5. The van der Waals surface area contributed by atoms with Gasteiger partial charge >= 0.3 is 0 Å². The summed E-state index contributed by atoms with van der Waals surface area (Å²) in [7, 11) is 3.37. The quantitative estimate of drug-likeness (QED) is 0.751. The van der Waals surface area contributed by atoms with E-state index in [1.807, 2.05) is 18.2 Å². The Hall–Kier alpha value is -1.99. The number of para-hydroxylation sites is 1. The van der Waals surface area contributed by atoms with E-state index in [-0.39, 0.29) is 17.8 Å². The van der Waals surface area contributed by atoms with Gasteiger partial charge in [-0.25, -0.2) is 0 Å². The van der Waals surface area contributed by atoms with Crippen LogP contribution in [0.2, 0.25) is 0 Å². The van der Waals surface area contributed by atoms with Crippen molar-refractivity contribution >= 4 is 44.5 Å². The fraction of sp³-hybridized carbons (Fsp3) is 0.176. The van der Waals surface area contributed by atoms with E-state index in [0.29, 0.717) is 16.3 Å². The summed E-state index contributed by atoms with van der Waals surface area (Å²) < 4.78 is 6.38. The minimum absolute atomic E-state index is 0.109. The summed E-state index contributed by atoms with van der Waals surface area (Å²) in [6.07, 6.45) is 0. The van der Waals surface area contributed by atoms with E-state index >= 15 is 0 Å². The first-order valence-electron chi connectivity index (χ1n) is 7.12. The topological polar surface area (TPSA) is 58.6 Å². The SMILES string of the molecule is CN(C)C(=O)Sc1ccccc1NC(=O)COc1ccc(Br)cc1. The molecule has 0 spiro atoms. The zero-order valence-corrected chi connectivity index (χ0v) is 15.7. The van der Waals surface area contributed by atoms with Crippen LogP contribution in [0.1, 0.15) is 0 Å². The van der Waals surface area contributed by atoms with Crippen LogP contribution in [0.5, 0.6) is 5.75 Å². The summed E-state index contributed by atoms with van der Waals surface area (Å²) in [6.45, 7) is -0.109. The van der Waals surface area contributed by atoms with Gasteiger partial charge in [0.1, 0.15) is 5.75 Å². The smallest absolute Gasteiger partial charge is 0.286 e. The molecule has 2 aromatic rings. The Morgan fingerprint density at radius 3 is 2.46 bits per heavy atom. The molecule has 0 atom stereocenters. The number of hydrogen-bond acceptors (Lipinski definition) is 4. The van der Waals surface area contributed by atoms with Gasteiger partial charge in [0.2, 0.25) is 0 Å². The van der Waals surface area contributed by atoms with Gasteiger partial charge in [-0.1, -0.05) is 28.1 Å². The summed E-state index contributed by atoms with van der Waals surface area (Å²) in [6, 6.07) is 14.4. The molecule has 0 aromatic heterocycles. The van der Waals surface area contributed by atoms with Crippen molar-refractivity contribution in [1.82, 2.24) is 4.90 Å². The average Bonchev–Trinajstić information content (AvgIpc) is 2.56. The molecule has 1 N–H and O–H groups in total. The van der Waals surface area contributed by atoms with E-state index < -0.39 is 0 Å². The average molecular weight is 409 g/mol. The van der Waals surface area contributed by atoms with Crippen molar-refractivity contribution in [3.05, 3.63) is 53.0 Å². The Balaban J connectivity index is 1.96. The number of nitrogens with one attached hydrogen (secondary N) is 1. The molecule has 5 nitrogen and oxygen atoms in total. The zero-order valence-electron chi connectivity index (χ0n) is 13.3. The lowest BCUT2D eigenvalue weighted by Crippen LogP contribution is -2.21. The molecule has 0 saturated carbocycles. The van der Waals surface area contributed by atoms with Crippen molar-refractivity contribution in [2.75, 3.05) is 26.0 Å². The van der Waals surface area contributed by atoms with Gasteiger partial charge in [0.05, 0.1) is 5.69 Å². The maximum absolute atomic E-state index is 12.1. The molecule has 0 fully saturated rings. The molecule has 126 valence electrons. The molecule has 0 aliphatic carbocycles. The fourth-order valence-corrected chi connectivity index (χ4v) is 2.72.